The summed E-state index contributed by atoms with van der Waals surface area (Å²) in [4.78, 5) is 40.4. The maximum Gasteiger partial charge on any atom is 0.408 e. The maximum absolute atomic E-state index is 12.1. The van der Waals surface area contributed by atoms with Gasteiger partial charge in [0.25, 0.3) is 5.91 Å². The van der Waals surface area contributed by atoms with Gasteiger partial charge in [-0.3, -0.25) is 9.69 Å². The van der Waals surface area contributed by atoms with Crippen molar-refractivity contribution in [1.29, 1.82) is 0 Å². The van der Waals surface area contributed by atoms with E-state index in [1.165, 1.54) is 4.90 Å². The van der Waals surface area contributed by atoms with E-state index >= 15 is 0 Å². The molecule has 1 heterocycles. The molecule has 136 valence electrons. The number of alkyl carbamates (subject to hydrolysis) is 1. The Hall–Kier alpha value is -2.32. The number of carboxylic acid groups (broad SMARTS) is 1. The zero-order valence-electron chi connectivity index (χ0n) is 14.8. The number of carbonyl (C=O) groups is 3. The topological polar surface area (TPSA) is 134 Å². The van der Waals surface area contributed by atoms with E-state index in [1.54, 1.807) is 34.6 Å². The average Bonchev–Trinajstić information content (AvgIpc) is 2.56. The van der Waals surface area contributed by atoms with E-state index < -0.39 is 29.2 Å². The van der Waals surface area contributed by atoms with Crippen LogP contribution < -0.4 is 11.1 Å². The first-order valence-corrected chi connectivity index (χ1v) is 7.73. The molecule has 0 saturated carbocycles. The van der Waals surface area contributed by atoms with Gasteiger partial charge in [-0.05, 0) is 47.5 Å². The van der Waals surface area contributed by atoms with E-state index in [0.29, 0.717) is 6.42 Å². The van der Waals surface area contributed by atoms with Crippen LogP contribution in [-0.4, -0.2) is 57.7 Å². The van der Waals surface area contributed by atoms with Gasteiger partial charge in [-0.25, -0.2) is 14.6 Å². The Kier molecular flexibility index (Phi) is 5.80. The molecule has 2 amide bonds. The third kappa shape index (κ3) is 5.39. The molecular weight excluding hydrogens is 316 g/mol. The molecule has 0 radical (unpaired) electrons. The molecule has 1 rings (SSSR count). The van der Waals surface area contributed by atoms with Crippen LogP contribution in [0.25, 0.3) is 0 Å². The second-order valence-electron chi connectivity index (χ2n) is 7.17. The summed E-state index contributed by atoms with van der Waals surface area (Å²) in [5.74, 6) is -1.28. The molecule has 4 N–H and O–H groups in total. The third-order valence-corrected chi connectivity index (χ3v) is 3.30. The molecule has 0 aromatic carbocycles. The molecule has 1 aliphatic rings. The SMILES string of the molecule is CC(C)(C)OC(=O)N[C@@H](CCCN1C(=O)C(C)(C)N=C1N)C(=O)O. The van der Waals surface area contributed by atoms with Gasteiger partial charge in [-0.2, -0.15) is 0 Å². The number of nitrogens with zero attached hydrogens (tertiary/aromatic N) is 2. The number of nitrogens with two attached hydrogens (primary N) is 1. The van der Waals surface area contributed by atoms with Gasteiger partial charge in [0.05, 0.1) is 0 Å². The Balaban J connectivity index is 2.54. The van der Waals surface area contributed by atoms with Crippen LogP contribution in [0, 0.1) is 0 Å². The highest BCUT2D eigenvalue weighted by molar-refractivity contribution is 6.06. The van der Waals surface area contributed by atoms with Crippen LogP contribution in [0.3, 0.4) is 0 Å². The van der Waals surface area contributed by atoms with Crippen molar-refractivity contribution in [3.05, 3.63) is 0 Å². The summed E-state index contributed by atoms with van der Waals surface area (Å²) in [6.45, 7) is 8.61. The molecule has 0 aromatic rings. The highest BCUT2D eigenvalue weighted by atomic mass is 16.6. The number of carboxylic acids is 1. The first-order chi connectivity index (χ1) is 10.8. The molecule has 0 saturated heterocycles. The summed E-state index contributed by atoms with van der Waals surface area (Å²) < 4.78 is 5.04. The standard InChI is InChI=1S/C15H26N4O5/c1-14(2,3)24-13(23)17-9(10(20)21)7-6-8-19-11(22)15(4,5)18-12(19)16/h9H,6-8H2,1-5H3,(H2,16,18)(H,17,23)(H,20,21)/t9-/m0/s1. The van der Waals surface area contributed by atoms with Crippen molar-refractivity contribution in [2.24, 2.45) is 10.7 Å². The van der Waals surface area contributed by atoms with Crippen molar-refractivity contribution in [3.8, 4) is 0 Å². The molecule has 0 unspecified atom stereocenters. The number of guanidine groups is 1. The van der Waals surface area contributed by atoms with Crippen molar-refractivity contribution in [1.82, 2.24) is 10.2 Å². The second-order valence-corrected chi connectivity index (χ2v) is 7.17. The zero-order chi connectivity index (χ0) is 18.7. The highest BCUT2D eigenvalue weighted by Crippen LogP contribution is 2.20. The molecule has 0 aliphatic carbocycles. The Morgan fingerprint density at radius 2 is 2.00 bits per heavy atom. The summed E-state index contributed by atoms with van der Waals surface area (Å²) in [5, 5.41) is 11.5. The normalized spacial score (nSPS) is 18.1. The lowest BCUT2D eigenvalue weighted by Crippen LogP contribution is -2.45. The van der Waals surface area contributed by atoms with Crippen LogP contribution in [0.4, 0.5) is 4.79 Å². The van der Waals surface area contributed by atoms with Gasteiger partial charge in [0.1, 0.15) is 17.2 Å². The van der Waals surface area contributed by atoms with Crippen LogP contribution in [0.2, 0.25) is 0 Å². The molecule has 24 heavy (non-hydrogen) atoms. The fourth-order valence-corrected chi connectivity index (χ4v) is 2.21. The van der Waals surface area contributed by atoms with Crippen molar-refractivity contribution >= 4 is 23.9 Å². The van der Waals surface area contributed by atoms with Gasteiger partial charge in [0, 0.05) is 6.54 Å². The Morgan fingerprint density at radius 3 is 2.42 bits per heavy atom. The van der Waals surface area contributed by atoms with Crippen LogP contribution >= 0.6 is 0 Å². The first-order valence-electron chi connectivity index (χ1n) is 7.73. The van der Waals surface area contributed by atoms with E-state index in [2.05, 4.69) is 10.3 Å². The second kappa shape index (κ2) is 7.06. The Labute approximate surface area is 141 Å². The molecule has 1 aliphatic heterocycles. The Morgan fingerprint density at radius 1 is 1.42 bits per heavy atom. The lowest BCUT2D eigenvalue weighted by Gasteiger charge is -2.23. The zero-order valence-corrected chi connectivity index (χ0v) is 14.8. The first kappa shape index (κ1) is 19.7. The molecule has 9 nitrogen and oxygen atoms in total. The maximum atomic E-state index is 12.1. The summed E-state index contributed by atoms with van der Waals surface area (Å²) in [6, 6.07) is -1.11. The van der Waals surface area contributed by atoms with Gasteiger partial charge < -0.3 is 20.9 Å². The number of ether oxygens (including phenoxy) is 1. The van der Waals surface area contributed by atoms with E-state index in [0.717, 1.165) is 0 Å². The minimum absolute atomic E-state index is 0.122. The highest BCUT2D eigenvalue weighted by Gasteiger charge is 2.39. The van der Waals surface area contributed by atoms with Crippen molar-refractivity contribution in [2.45, 2.75) is 64.6 Å². The van der Waals surface area contributed by atoms with Gasteiger partial charge in [-0.1, -0.05) is 0 Å². The van der Waals surface area contributed by atoms with Gasteiger partial charge in [-0.15, -0.1) is 0 Å². The van der Waals surface area contributed by atoms with Crippen LogP contribution in [0.1, 0.15) is 47.5 Å². The van der Waals surface area contributed by atoms with Gasteiger partial charge in [0.2, 0.25) is 0 Å². The lowest BCUT2D eigenvalue weighted by atomic mass is 10.1. The van der Waals surface area contributed by atoms with Gasteiger partial charge >= 0.3 is 12.1 Å². The van der Waals surface area contributed by atoms with E-state index in [4.69, 9.17) is 10.5 Å². The van der Waals surface area contributed by atoms with Crippen LogP contribution in [0.5, 0.6) is 0 Å². The molecular formula is C15H26N4O5. The number of hydrogen-bond donors (Lipinski definition) is 3. The minimum Gasteiger partial charge on any atom is -0.480 e. The van der Waals surface area contributed by atoms with Crippen molar-refractivity contribution in [2.75, 3.05) is 6.54 Å². The van der Waals surface area contributed by atoms with Crippen LogP contribution in [-0.2, 0) is 14.3 Å². The molecule has 0 spiro atoms. The number of aliphatic carboxylic acids is 1. The third-order valence-electron chi connectivity index (χ3n) is 3.30. The lowest BCUT2D eigenvalue weighted by molar-refractivity contribution is -0.139. The van der Waals surface area contributed by atoms with Crippen LogP contribution in [0.15, 0.2) is 4.99 Å². The smallest absolute Gasteiger partial charge is 0.408 e. The van der Waals surface area contributed by atoms with Gasteiger partial charge in [0.15, 0.2) is 5.96 Å². The van der Waals surface area contributed by atoms with E-state index in [1.807, 2.05) is 0 Å². The van der Waals surface area contributed by atoms with E-state index in [-0.39, 0.29) is 24.8 Å². The largest absolute Gasteiger partial charge is 0.480 e. The predicted molar refractivity (Wildman–Crippen MR) is 87.4 cm³/mol. The van der Waals surface area contributed by atoms with Crippen molar-refractivity contribution in [3.63, 3.8) is 0 Å². The number of hydrogen-bond acceptors (Lipinski definition) is 6. The molecule has 0 fully saturated rings. The number of aliphatic imine (C=N–C) groups is 1. The summed E-state index contributed by atoms with van der Waals surface area (Å²) in [5.41, 5.74) is 4.11. The fraction of sp³-hybridized carbons (Fsp3) is 0.733. The van der Waals surface area contributed by atoms with E-state index in [9.17, 15) is 19.5 Å². The quantitative estimate of drug-likeness (QED) is 0.650. The summed E-state index contributed by atoms with van der Waals surface area (Å²) in [6.07, 6.45) is -0.328. The molecule has 9 heteroatoms. The minimum atomic E-state index is -1.17. The summed E-state index contributed by atoms with van der Waals surface area (Å²) >= 11 is 0. The fourth-order valence-electron chi connectivity index (χ4n) is 2.21. The number of amides is 2. The monoisotopic (exact) mass is 342 g/mol. The predicted octanol–water partition coefficient (Wildman–Crippen LogP) is 0.680. The Bertz CT molecular complexity index is 551. The number of nitrogens with one attached hydrogen (secondary N) is 1. The van der Waals surface area contributed by atoms with Crippen molar-refractivity contribution < 1.29 is 24.2 Å². The molecule has 0 aromatic heterocycles. The summed E-state index contributed by atoms with van der Waals surface area (Å²) in [7, 11) is 0. The average molecular weight is 342 g/mol. The number of carbonyl (C=O) groups excluding carboxylic acids is 2. The molecule has 1 atom stereocenters. The number of rotatable bonds is 6. The molecule has 0 bridgehead atoms.